The average Bonchev–Trinajstić information content (AvgIpc) is 3.46. The molecule has 22 heavy (non-hydrogen) atoms. The smallest absolute Gasteiger partial charge is 0.339 e. The fourth-order valence-corrected chi connectivity index (χ4v) is 2.69. The van der Waals surface area contributed by atoms with Gasteiger partial charge in [0.1, 0.15) is 0 Å². The second-order valence-electron chi connectivity index (χ2n) is 6.08. The number of pyridine rings is 1. The third-order valence-corrected chi connectivity index (χ3v) is 4.22. The van der Waals surface area contributed by atoms with Gasteiger partial charge in [0.15, 0.2) is 5.82 Å². The number of carbonyl (C=O) groups is 1. The van der Waals surface area contributed by atoms with Crippen LogP contribution < -0.4 is 0 Å². The Morgan fingerprint density at radius 3 is 2.64 bits per heavy atom. The molecule has 2 saturated carbocycles. The minimum Gasteiger partial charge on any atom is -0.462 e. The zero-order chi connectivity index (χ0) is 15.1. The summed E-state index contributed by atoms with van der Waals surface area (Å²) in [4.78, 5) is 16.1. The lowest BCUT2D eigenvalue weighted by atomic mass is 10.2. The maximum absolute atomic E-state index is 11.7. The first-order valence-electron chi connectivity index (χ1n) is 7.99. The Hall–Kier alpha value is -2.17. The minimum atomic E-state index is -0.330. The molecule has 0 atom stereocenters. The van der Waals surface area contributed by atoms with Crippen LogP contribution in [0, 0.1) is 0 Å². The second-order valence-corrected chi connectivity index (χ2v) is 6.08. The van der Waals surface area contributed by atoms with Crippen molar-refractivity contribution in [2.75, 3.05) is 6.61 Å². The van der Waals surface area contributed by atoms with E-state index in [1.54, 1.807) is 19.2 Å². The number of rotatable bonds is 5. The Balaban J connectivity index is 1.64. The molecule has 0 radical (unpaired) electrons. The lowest BCUT2D eigenvalue weighted by molar-refractivity contribution is 0.0526. The highest BCUT2D eigenvalue weighted by Crippen LogP contribution is 2.45. The summed E-state index contributed by atoms with van der Waals surface area (Å²) < 4.78 is 6.95. The largest absolute Gasteiger partial charge is 0.462 e. The third kappa shape index (κ3) is 2.51. The standard InChI is InChI=1S/C17H19N3O2/c1-2-22-17(21)13-7-8-16(18-10-13)20-15(12-5-6-12)9-14(19-20)11-3-4-11/h7-12H,2-6H2,1H3. The van der Waals surface area contributed by atoms with Crippen LogP contribution in [0.1, 0.15) is 66.2 Å². The summed E-state index contributed by atoms with van der Waals surface area (Å²) in [6.07, 6.45) is 6.53. The number of hydrogen-bond acceptors (Lipinski definition) is 4. The van der Waals surface area contributed by atoms with Gasteiger partial charge in [0.05, 0.1) is 17.9 Å². The quantitative estimate of drug-likeness (QED) is 0.795. The predicted octanol–water partition coefficient (Wildman–Crippen LogP) is 3.20. The molecule has 0 saturated heterocycles. The summed E-state index contributed by atoms with van der Waals surface area (Å²) in [7, 11) is 0. The van der Waals surface area contributed by atoms with E-state index in [1.165, 1.54) is 37.1 Å². The Bertz CT molecular complexity index is 697. The van der Waals surface area contributed by atoms with E-state index in [2.05, 4.69) is 11.1 Å². The van der Waals surface area contributed by atoms with Crippen LogP contribution in [0.3, 0.4) is 0 Å². The highest BCUT2D eigenvalue weighted by molar-refractivity contribution is 5.89. The van der Waals surface area contributed by atoms with Gasteiger partial charge < -0.3 is 4.74 Å². The zero-order valence-corrected chi connectivity index (χ0v) is 12.7. The summed E-state index contributed by atoms with van der Waals surface area (Å²) in [5, 5.41) is 4.75. The van der Waals surface area contributed by atoms with Crippen molar-refractivity contribution >= 4 is 5.97 Å². The molecule has 2 aromatic heterocycles. The Labute approximate surface area is 129 Å². The van der Waals surface area contributed by atoms with E-state index in [4.69, 9.17) is 9.84 Å². The maximum atomic E-state index is 11.7. The molecule has 4 rings (SSSR count). The van der Waals surface area contributed by atoms with Crippen molar-refractivity contribution in [2.45, 2.75) is 44.4 Å². The molecule has 0 spiro atoms. The van der Waals surface area contributed by atoms with Crippen molar-refractivity contribution in [3.63, 3.8) is 0 Å². The second kappa shape index (κ2) is 5.23. The lowest BCUT2D eigenvalue weighted by Gasteiger charge is -2.06. The highest BCUT2D eigenvalue weighted by Gasteiger charge is 2.33. The Morgan fingerprint density at radius 2 is 2.05 bits per heavy atom. The van der Waals surface area contributed by atoms with Gasteiger partial charge in [-0.05, 0) is 50.8 Å². The molecule has 0 unspecified atom stereocenters. The average molecular weight is 297 g/mol. The van der Waals surface area contributed by atoms with E-state index in [1.807, 2.05) is 10.7 Å². The van der Waals surface area contributed by atoms with Crippen LogP contribution in [0.15, 0.2) is 24.4 Å². The van der Waals surface area contributed by atoms with Crippen molar-refractivity contribution in [2.24, 2.45) is 0 Å². The molecule has 2 aliphatic carbocycles. The summed E-state index contributed by atoms with van der Waals surface area (Å²) in [6.45, 7) is 2.17. The van der Waals surface area contributed by atoms with Crippen molar-refractivity contribution in [1.82, 2.24) is 14.8 Å². The molecule has 114 valence electrons. The van der Waals surface area contributed by atoms with Crippen LogP contribution in [-0.4, -0.2) is 27.3 Å². The van der Waals surface area contributed by atoms with Crippen molar-refractivity contribution < 1.29 is 9.53 Å². The van der Waals surface area contributed by atoms with E-state index < -0.39 is 0 Å². The molecule has 2 fully saturated rings. The van der Waals surface area contributed by atoms with Gasteiger partial charge in [-0.2, -0.15) is 5.10 Å². The fourth-order valence-electron chi connectivity index (χ4n) is 2.69. The van der Waals surface area contributed by atoms with Gasteiger partial charge in [-0.3, -0.25) is 0 Å². The first-order chi connectivity index (χ1) is 10.8. The molecule has 2 aliphatic rings. The van der Waals surface area contributed by atoms with E-state index in [9.17, 15) is 4.79 Å². The van der Waals surface area contributed by atoms with Crippen LogP contribution in [0.4, 0.5) is 0 Å². The van der Waals surface area contributed by atoms with Gasteiger partial charge in [0.2, 0.25) is 0 Å². The molecule has 0 N–H and O–H groups in total. The molecule has 0 amide bonds. The number of ether oxygens (including phenoxy) is 1. The van der Waals surface area contributed by atoms with Gasteiger partial charge in [-0.15, -0.1) is 0 Å². The Kier molecular flexibility index (Phi) is 3.21. The van der Waals surface area contributed by atoms with Gasteiger partial charge in [-0.1, -0.05) is 0 Å². The molecular formula is C17H19N3O2. The summed E-state index contributed by atoms with van der Waals surface area (Å²) in [6, 6.07) is 5.85. The van der Waals surface area contributed by atoms with Crippen molar-refractivity contribution in [3.8, 4) is 5.82 Å². The van der Waals surface area contributed by atoms with E-state index in [0.29, 0.717) is 24.0 Å². The first kappa shape index (κ1) is 13.5. The van der Waals surface area contributed by atoms with Gasteiger partial charge in [-0.25, -0.2) is 14.5 Å². The van der Waals surface area contributed by atoms with Crippen LogP contribution in [0.5, 0.6) is 0 Å². The number of nitrogens with zero attached hydrogens (tertiary/aromatic N) is 3. The van der Waals surface area contributed by atoms with Crippen LogP contribution in [0.2, 0.25) is 0 Å². The lowest BCUT2D eigenvalue weighted by Crippen LogP contribution is -2.08. The monoisotopic (exact) mass is 297 g/mol. The topological polar surface area (TPSA) is 57.0 Å². The molecule has 2 heterocycles. The Morgan fingerprint density at radius 1 is 1.27 bits per heavy atom. The van der Waals surface area contributed by atoms with Crippen LogP contribution >= 0.6 is 0 Å². The SMILES string of the molecule is CCOC(=O)c1ccc(-n2nc(C3CC3)cc2C2CC2)nc1. The zero-order valence-electron chi connectivity index (χ0n) is 12.7. The third-order valence-electron chi connectivity index (χ3n) is 4.22. The van der Waals surface area contributed by atoms with Crippen LogP contribution in [0.25, 0.3) is 5.82 Å². The van der Waals surface area contributed by atoms with E-state index in [-0.39, 0.29) is 5.97 Å². The van der Waals surface area contributed by atoms with Gasteiger partial charge in [0.25, 0.3) is 0 Å². The molecular weight excluding hydrogens is 278 g/mol. The fraction of sp³-hybridized carbons (Fsp3) is 0.471. The summed E-state index contributed by atoms with van der Waals surface area (Å²) in [5.41, 5.74) is 2.93. The van der Waals surface area contributed by atoms with Crippen molar-refractivity contribution in [3.05, 3.63) is 41.3 Å². The molecule has 0 aromatic carbocycles. The van der Waals surface area contributed by atoms with E-state index in [0.717, 1.165) is 5.82 Å². The molecule has 0 bridgehead atoms. The summed E-state index contributed by atoms with van der Waals surface area (Å²) in [5.74, 6) is 1.70. The maximum Gasteiger partial charge on any atom is 0.339 e. The normalized spacial score (nSPS) is 17.5. The number of hydrogen-bond donors (Lipinski definition) is 0. The minimum absolute atomic E-state index is 0.330. The highest BCUT2D eigenvalue weighted by atomic mass is 16.5. The molecule has 5 nitrogen and oxygen atoms in total. The molecule has 5 heteroatoms. The van der Waals surface area contributed by atoms with E-state index >= 15 is 0 Å². The van der Waals surface area contributed by atoms with Gasteiger partial charge >= 0.3 is 5.97 Å². The number of esters is 1. The molecule has 2 aromatic rings. The van der Waals surface area contributed by atoms with Crippen molar-refractivity contribution in [1.29, 1.82) is 0 Å². The molecule has 0 aliphatic heterocycles. The number of aromatic nitrogens is 3. The first-order valence-corrected chi connectivity index (χ1v) is 7.99. The predicted molar refractivity (Wildman–Crippen MR) is 81.3 cm³/mol. The summed E-state index contributed by atoms with van der Waals surface area (Å²) >= 11 is 0. The van der Waals surface area contributed by atoms with Gasteiger partial charge in [0, 0.05) is 23.7 Å². The van der Waals surface area contributed by atoms with Crippen LogP contribution in [-0.2, 0) is 4.74 Å². The number of carbonyl (C=O) groups excluding carboxylic acids is 1.